The molecule has 0 fully saturated rings. The van der Waals surface area contributed by atoms with Crippen LogP contribution in [0.15, 0.2) is 18.2 Å². The van der Waals surface area contributed by atoms with Gasteiger partial charge < -0.3 is 0 Å². The maximum absolute atomic E-state index is 12.9. The van der Waals surface area contributed by atoms with E-state index in [0.717, 1.165) is 18.2 Å². The highest BCUT2D eigenvalue weighted by Crippen LogP contribution is 2.26. The van der Waals surface area contributed by atoms with Gasteiger partial charge in [0.2, 0.25) is 5.24 Å². The number of alkyl halides is 1. The molecular formula is C8H4Cl2F2O. The molecule has 0 saturated heterocycles. The fraction of sp³-hybridized carbons (Fsp3) is 0.125. The summed E-state index contributed by atoms with van der Waals surface area (Å²) in [5.74, 6) is -1.42. The normalized spacial score (nSPS) is 12.6. The fourth-order valence-corrected chi connectivity index (χ4v) is 1.12. The van der Waals surface area contributed by atoms with Crippen LogP contribution in [0.25, 0.3) is 0 Å². The lowest BCUT2D eigenvalue weighted by molar-refractivity contribution is -0.111. The molecule has 1 nitrogen and oxygen atoms in total. The van der Waals surface area contributed by atoms with Crippen molar-refractivity contribution in [2.24, 2.45) is 0 Å². The lowest BCUT2D eigenvalue weighted by atomic mass is 10.1. The third-order valence-corrected chi connectivity index (χ3v) is 2.19. The quantitative estimate of drug-likeness (QED) is 0.558. The number of hydrogen-bond donors (Lipinski definition) is 0. The van der Waals surface area contributed by atoms with Crippen LogP contribution in [-0.2, 0) is 4.79 Å². The molecule has 1 aromatic rings. The molecule has 1 atom stereocenters. The maximum atomic E-state index is 12.9. The molecule has 13 heavy (non-hydrogen) atoms. The predicted molar refractivity (Wildman–Crippen MR) is 45.8 cm³/mol. The van der Waals surface area contributed by atoms with Crippen LogP contribution in [0.2, 0.25) is 0 Å². The van der Waals surface area contributed by atoms with Crippen molar-refractivity contribution in [1.82, 2.24) is 0 Å². The summed E-state index contributed by atoms with van der Waals surface area (Å²) < 4.78 is 25.5. The van der Waals surface area contributed by atoms with Crippen molar-refractivity contribution in [3.8, 4) is 0 Å². The van der Waals surface area contributed by atoms with Crippen molar-refractivity contribution in [3.05, 3.63) is 35.4 Å². The molecule has 1 rings (SSSR count). The van der Waals surface area contributed by atoms with E-state index in [1.54, 1.807) is 0 Å². The second-order valence-electron chi connectivity index (χ2n) is 2.33. The van der Waals surface area contributed by atoms with Gasteiger partial charge in [-0.2, -0.15) is 0 Å². The average molecular weight is 225 g/mol. The lowest BCUT2D eigenvalue weighted by Crippen LogP contribution is -2.02. The zero-order chi connectivity index (χ0) is 10.0. The van der Waals surface area contributed by atoms with Gasteiger partial charge in [-0.05, 0) is 29.8 Å². The van der Waals surface area contributed by atoms with Gasteiger partial charge in [-0.15, -0.1) is 11.6 Å². The summed E-state index contributed by atoms with van der Waals surface area (Å²) in [5, 5.41) is -2.29. The number of rotatable bonds is 2. The van der Waals surface area contributed by atoms with Crippen LogP contribution < -0.4 is 0 Å². The molecule has 5 heteroatoms. The van der Waals surface area contributed by atoms with E-state index < -0.39 is 22.3 Å². The Morgan fingerprint density at radius 3 is 2.54 bits per heavy atom. The molecule has 0 bridgehead atoms. The number of benzene rings is 1. The van der Waals surface area contributed by atoms with Gasteiger partial charge in [-0.25, -0.2) is 8.78 Å². The molecule has 0 amide bonds. The van der Waals surface area contributed by atoms with Crippen LogP contribution in [0.5, 0.6) is 0 Å². The van der Waals surface area contributed by atoms with Gasteiger partial charge in [0.25, 0.3) is 0 Å². The summed E-state index contributed by atoms with van der Waals surface area (Å²) in [4.78, 5) is 10.6. The van der Waals surface area contributed by atoms with E-state index in [0.29, 0.717) is 0 Å². The van der Waals surface area contributed by atoms with Crippen molar-refractivity contribution in [3.63, 3.8) is 0 Å². The fourth-order valence-electron chi connectivity index (χ4n) is 0.831. The molecule has 0 aliphatic rings. The number of carbonyl (C=O) groups is 1. The van der Waals surface area contributed by atoms with E-state index in [2.05, 4.69) is 0 Å². The average Bonchev–Trinajstić information content (AvgIpc) is 2.08. The molecule has 0 aromatic heterocycles. The van der Waals surface area contributed by atoms with Crippen LogP contribution in [0.1, 0.15) is 10.9 Å². The van der Waals surface area contributed by atoms with E-state index in [9.17, 15) is 13.6 Å². The summed E-state index contributed by atoms with van der Waals surface area (Å²) in [6.45, 7) is 0. The first-order valence-electron chi connectivity index (χ1n) is 3.30. The molecule has 0 aliphatic carbocycles. The standard InChI is InChI=1S/C8H4Cl2F2O/c9-7(8(10)13)5-3-4(11)1-2-6(5)12/h1-3,7H. The van der Waals surface area contributed by atoms with Crippen molar-refractivity contribution in [2.45, 2.75) is 5.38 Å². The monoisotopic (exact) mass is 224 g/mol. The minimum Gasteiger partial charge on any atom is -0.279 e. The minimum absolute atomic E-state index is 0.248. The van der Waals surface area contributed by atoms with E-state index in [-0.39, 0.29) is 5.56 Å². The van der Waals surface area contributed by atoms with Crippen molar-refractivity contribution >= 4 is 28.4 Å². The lowest BCUT2D eigenvalue weighted by Gasteiger charge is -2.05. The first kappa shape index (κ1) is 10.4. The first-order chi connectivity index (χ1) is 6.02. The van der Waals surface area contributed by atoms with E-state index in [4.69, 9.17) is 23.2 Å². The van der Waals surface area contributed by atoms with Crippen LogP contribution in [0.4, 0.5) is 8.78 Å². The first-order valence-corrected chi connectivity index (χ1v) is 4.12. The Morgan fingerprint density at radius 1 is 1.38 bits per heavy atom. The zero-order valence-electron chi connectivity index (χ0n) is 6.23. The molecule has 1 aromatic carbocycles. The molecule has 0 radical (unpaired) electrons. The molecule has 0 heterocycles. The molecular weight excluding hydrogens is 221 g/mol. The maximum Gasteiger partial charge on any atom is 0.244 e. The predicted octanol–water partition coefficient (Wildman–Crippen LogP) is 3.01. The second kappa shape index (κ2) is 4.03. The summed E-state index contributed by atoms with van der Waals surface area (Å²) >= 11 is 10.5. The molecule has 0 aliphatic heterocycles. The Kier molecular flexibility index (Phi) is 3.22. The van der Waals surface area contributed by atoms with E-state index in [1.165, 1.54) is 0 Å². The highest BCUT2D eigenvalue weighted by atomic mass is 35.5. The topological polar surface area (TPSA) is 17.1 Å². The van der Waals surface area contributed by atoms with E-state index in [1.807, 2.05) is 0 Å². The highest BCUT2D eigenvalue weighted by molar-refractivity contribution is 6.68. The van der Waals surface area contributed by atoms with Crippen molar-refractivity contribution in [2.75, 3.05) is 0 Å². The highest BCUT2D eigenvalue weighted by Gasteiger charge is 2.19. The Bertz CT molecular complexity index is 341. The number of hydrogen-bond acceptors (Lipinski definition) is 1. The van der Waals surface area contributed by atoms with E-state index >= 15 is 0 Å². The van der Waals surface area contributed by atoms with Gasteiger partial charge in [-0.3, -0.25) is 4.79 Å². The third kappa shape index (κ3) is 2.39. The Morgan fingerprint density at radius 2 is 2.00 bits per heavy atom. The Labute approximate surface area is 83.3 Å². The van der Waals surface area contributed by atoms with Crippen LogP contribution >= 0.6 is 23.2 Å². The van der Waals surface area contributed by atoms with Gasteiger partial charge in [0.05, 0.1) is 0 Å². The SMILES string of the molecule is O=C(Cl)C(Cl)c1cc(F)ccc1F. The van der Waals surface area contributed by atoms with Crippen LogP contribution in [-0.4, -0.2) is 5.24 Å². The summed E-state index contributed by atoms with van der Waals surface area (Å²) in [6, 6.07) is 2.66. The molecule has 0 saturated carbocycles. The summed E-state index contributed by atoms with van der Waals surface area (Å²) in [7, 11) is 0. The minimum atomic E-state index is -1.35. The molecule has 1 unspecified atom stereocenters. The molecule has 0 N–H and O–H groups in total. The van der Waals surface area contributed by atoms with Gasteiger partial charge in [0, 0.05) is 5.56 Å². The van der Waals surface area contributed by atoms with Gasteiger partial charge in [0.1, 0.15) is 17.0 Å². The largest absolute Gasteiger partial charge is 0.279 e. The zero-order valence-corrected chi connectivity index (χ0v) is 7.74. The summed E-state index contributed by atoms with van der Waals surface area (Å²) in [5.41, 5.74) is -0.248. The molecule has 70 valence electrons. The third-order valence-electron chi connectivity index (χ3n) is 1.43. The van der Waals surface area contributed by atoms with Crippen molar-refractivity contribution in [1.29, 1.82) is 0 Å². The van der Waals surface area contributed by atoms with Gasteiger partial charge in [0.15, 0.2) is 0 Å². The summed E-state index contributed by atoms with van der Waals surface area (Å²) in [6.07, 6.45) is 0. The van der Waals surface area contributed by atoms with Crippen LogP contribution in [0.3, 0.4) is 0 Å². The van der Waals surface area contributed by atoms with Gasteiger partial charge >= 0.3 is 0 Å². The van der Waals surface area contributed by atoms with Gasteiger partial charge in [-0.1, -0.05) is 0 Å². The Hall–Kier alpha value is -0.670. The van der Waals surface area contributed by atoms with Crippen molar-refractivity contribution < 1.29 is 13.6 Å². The number of carbonyl (C=O) groups excluding carboxylic acids is 1. The van der Waals surface area contributed by atoms with Crippen LogP contribution in [0, 0.1) is 11.6 Å². The second-order valence-corrected chi connectivity index (χ2v) is 3.14. The smallest absolute Gasteiger partial charge is 0.244 e. The molecule has 0 spiro atoms. The Balaban J connectivity index is 3.12. The number of halogens is 4.